The molecule has 2 aromatic rings. The van der Waals surface area contributed by atoms with E-state index in [9.17, 15) is 0 Å². The zero-order valence-electron chi connectivity index (χ0n) is 8.76. The molecule has 4 heteroatoms. The highest BCUT2D eigenvalue weighted by Gasteiger charge is 2.03. The van der Waals surface area contributed by atoms with Crippen LogP contribution in [0.3, 0.4) is 0 Å². The smallest absolute Gasteiger partial charge is 0.0534 e. The lowest BCUT2D eigenvalue weighted by molar-refractivity contribution is 0.508. The van der Waals surface area contributed by atoms with Crippen LogP contribution in [0.4, 0.5) is 0 Å². The molecule has 3 nitrogen and oxygen atoms in total. The minimum atomic E-state index is 0.423. The first kappa shape index (κ1) is 10.4. The van der Waals surface area contributed by atoms with Gasteiger partial charge in [0.25, 0.3) is 0 Å². The summed E-state index contributed by atoms with van der Waals surface area (Å²) < 4.78 is 1.94. The average Bonchev–Trinajstić information content (AvgIpc) is 2.90. The van der Waals surface area contributed by atoms with Crippen LogP contribution in [0.25, 0.3) is 0 Å². The zero-order valence-corrected chi connectivity index (χ0v) is 9.57. The fourth-order valence-electron chi connectivity index (χ4n) is 1.47. The highest BCUT2D eigenvalue weighted by molar-refractivity contribution is 7.07. The molecule has 0 bridgehead atoms. The number of nitrogens with zero attached hydrogens (tertiary/aromatic N) is 2. The van der Waals surface area contributed by atoms with Crippen LogP contribution in [-0.4, -0.2) is 16.3 Å². The van der Waals surface area contributed by atoms with Crippen molar-refractivity contribution in [2.45, 2.75) is 19.5 Å². The molecule has 80 valence electrons. The number of aromatic nitrogens is 2. The molecule has 0 fully saturated rings. The van der Waals surface area contributed by atoms with E-state index < -0.39 is 0 Å². The van der Waals surface area contributed by atoms with E-state index in [4.69, 9.17) is 0 Å². The second-order valence-corrected chi connectivity index (χ2v) is 4.28. The van der Waals surface area contributed by atoms with Gasteiger partial charge in [0.15, 0.2) is 0 Å². The molecule has 1 unspecified atom stereocenters. The van der Waals surface area contributed by atoms with Crippen molar-refractivity contribution in [1.29, 1.82) is 0 Å². The van der Waals surface area contributed by atoms with Crippen LogP contribution in [0.15, 0.2) is 35.3 Å². The first-order valence-corrected chi connectivity index (χ1v) is 6.03. The maximum absolute atomic E-state index is 4.15. The van der Waals surface area contributed by atoms with Gasteiger partial charge in [-0.2, -0.15) is 16.4 Å². The van der Waals surface area contributed by atoms with Crippen molar-refractivity contribution >= 4 is 11.3 Å². The Morgan fingerprint density at radius 3 is 3.20 bits per heavy atom. The van der Waals surface area contributed by atoms with Gasteiger partial charge in [-0.25, -0.2) is 0 Å². The van der Waals surface area contributed by atoms with Crippen molar-refractivity contribution in [2.75, 3.05) is 6.54 Å². The number of hydrogen-bond acceptors (Lipinski definition) is 3. The van der Waals surface area contributed by atoms with Crippen molar-refractivity contribution in [3.8, 4) is 0 Å². The van der Waals surface area contributed by atoms with Crippen LogP contribution in [0, 0.1) is 0 Å². The van der Waals surface area contributed by atoms with Crippen LogP contribution >= 0.6 is 11.3 Å². The Balaban J connectivity index is 1.74. The van der Waals surface area contributed by atoms with Crippen molar-refractivity contribution in [1.82, 2.24) is 15.1 Å². The van der Waals surface area contributed by atoms with Gasteiger partial charge in [0.1, 0.15) is 0 Å². The van der Waals surface area contributed by atoms with Crippen molar-refractivity contribution in [3.63, 3.8) is 0 Å². The molecule has 2 aromatic heterocycles. The summed E-state index contributed by atoms with van der Waals surface area (Å²) in [5, 5.41) is 11.9. The Hall–Kier alpha value is -1.13. The molecule has 0 radical (unpaired) electrons. The van der Waals surface area contributed by atoms with E-state index in [2.05, 4.69) is 34.2 Å². The van der Waals surface area contributed by atoms with Gasteiger partial charge < -0.3 is 5.32 Å². The molecular formula is C11H15N3S. The van der Waals surface area contributed by atoms with E-state index in [0.717, 1.165) is 13.1 Å². The first-order valence-electron chi connectivity index (χ1n) is 5.09. The number of hydrogen-bond donors (Lipinski definition) is 1. The van der Waals surface area contributed by atoms with Crippen molar-refractivity contribution < 1.29 is 0 Å². The van der Waals surface area contributed by atoms with Gasteiger partial charge in [0, 0.05) is 25.0 Å². The van der Waals surface area contributed by atoms with Crippen LogP contribution < -0.4 is 5.32 Å². The Bertz CT molecular complexity index is 366. The normalized spacial score (nSPS) is 12.9. The van der Waals surface area contributed by atoms with Gasteiger partial charge in [-0.05, 0) is 35.4 Å². The number of nitrogens with one attached hydrogen (secondary N) is 1. The average molecular weight is 221 g/mol. The quantitative estimate of drug-likeness (QED) is 0.839. The molecular weight excluding hydrogens is 206 g/mol. The summed E-state index contributed by atoms with van der Waals surface area (Å²) in [6, 6.07) is 4.53. The third-order valence-corrected chi connectivity index (χ3v) is 3.10. The molecule has 0 aliphatic carbocycles. The monoisotopic (exact) mass is 221 g/mol. The molecule has 0 aliphatic heterocycles. The van der Waals surface area contributed by atoms with Gasteiger partial charge in [-0.15, -0.1) is 0 Å². The topological polar surface area (TPSA) is 29.9 Å². The van der Waals surface area contributed by atoms with Crippen LogP contribution in [-0.2, 0) is 6.54 Å². The maximum atomic E-state index is 4.15. The fourth-order valence-corrected chi connectivity index (χ4v) is 2.22. The van der Waals surface area contributed by atoms with E-state index in [1.807, 2.05) is 23.1 Å². The molecule has 2 heterocycles. The molecule has 1 N–H and O–H groups in total. The third-order valence-electron chi connectivity index (χ3n) is 2.39. The van der Waals surface area contributed by atoms with Crippen molar-refractivity contribution in [2.24, 2.45) is 0 Å². The molecule has 0 aliphatic rings. The van der Waals surface area contributed by atoms with E-state index in [0.29, 0.717) is 6.04 Å². The summed E-state index contributed by atoms with van der Waals surface area (Å²) in [6.07, 6.45) is 3.79. The number of thiophene rings is 1. The lowest BCUT2D eigenvalue weighted by Gasteiger charge is -2.12. The van der Waals surface area contributed by atoms with Gasteiger partial charge in [0.2, 0.25) is 0 Å². The first-order chi connectivity index (χ1) is 7.36. The predicted octanol–water partition coefficient (Wildman–Crippen LogP) is 2.30. The Morgan fingerprint density at radius 2 is 2.53 bits per heavy atom. The second kappa shape index (κ2) is 5.09. The van der Waals surface area contributed by atoms with Crippen molar-refractivity contribution in [3.05, 3.63) is 40.8 Å². The fraction of sp³-hybridized carbons (Fsp3) is 0.364. The van der Waals surface area contributed by atoms with E-state index >= 15 is 0 Å². The highest BCUT2D eigenvalue weighted by Crippen LogP contribution is 2.14. The Morgan fingerprint density at radius 1 is 1.60 bits per heavy atom. The summed E-state index contributed by atoms with van der Waals surface area (Å²) in [5.74, 6) is 0. The van der Waals surface area contributed by atoms with E-state index in [-0.39, 0.29) is 0 Å². The Labute approximate surface area is 93.7 Å². The SMILES string of the molecule is CC(NCCn1cccn1)c1ccsc1. The molecule has 1 atom stereocenters. The molecule has 0 spiro atoms. The summed E-state index contributed by atoms with van der Waals surface area (Å²) in [5.41, 5.74) is 1.36. The molecule has 0 amide bonds. The molecule has 0 saturated carbocycles. The predicted molar refractivity (Wildman–Crippen MR) is 63.0 cm³/mol. The standard InChI is InChI=1S/C11H15N3S/c1-10(11-3-8-15-9-11)12-5-7-14-6-2-4-13-14/h2-4,6,8-10,12H,5,7H2,1H3. The van der Waals surface area contributed by atoms with Gasteiger partial charge in [-0.3, -0.25) is 4.68 Å². The largest absolute Gasteiger partial charge is 0.308 e. The molecule has 0 aromatic carbocycles. The zero-order chi connectivity index (χ0) is 10.5. The van der Waals surface area contributed by atoms with Gasteiger partial charge >= 0.3 is 0 Å². The lowest BCUT2D eigenvalue weighted by atomic mass is 10.2. The molecule has 0 saturated heterocycles. The molecule has 15 heavy (non-hydrogen) atoms. The maximum Gasteiger partial charge on any atom is 0.0534 e. The second-order valence-electron chi connectivity index (χ2n) is 3.50. The highest BCUT2D eigenvalue weighted by atomic mass is 32.1. The summed E-state index contributed by atoms with van der Waals surface area (Å²) in [7, 11) is 0. The lowest BCUT2D eigenvalue weighted by Crippen LogP contribution is -2.23. The van der Waals surface area contributed by atoms with Crippen LogP contribution in [0.5, 0.6) is 0 Å². The summed E-state index contributed by atoms with van der Waals surface area (Å²) >= 11 is 1.74. The van der Waals surface area contributed by atoms with E-state index in [1.54, 1.807) is 11.3 Å². The van der Waals surface area contributed by atoms with Gasteiger partial charge in [0.05, 0.1) is 6.54 Å². The summed E-state index contributed by atoms with van der Waals surface area (Å²) in [6.45, 7) is 4.05. The van der Waals surface area contributed by atoms with Crippen LogP contribution in [0.2, 0.25) is 0 Å². The minimum Gasteiger partial charge on any atom is -0.308 e. The minimum absolute atomic E-state index is 0.423. The summed E-state index contributed by atoms with van der Waals surface area (Å²) in [4.78, 5) is 0. The third kappa shape index (κ3) is 2.91. The van der Waals surface area contributed by atoms with E-state index in [1.165, 1.54) is 5.56 Å². The Kier molecular flexibility index (Phi) is 3.53. The molecule has 2 rings (SSSR count). The number of rotatable bonds is 5. The van der Waals surface area contributed by atoms with Crippen LogP contribution in [0.1, 0.15) is 18.5 Å². The van der Waals surface area contributed by atoms with Gasteiger partial charge in [-0.1, -0.05) is 0 Å².